The summed E-state index contributed by atoms with van der Waals surface area (Å²) < 4.78 is 0. The minimum absolute atomic E-state index is 0.263. The SMILES string of the molecule is C[C@@H]1C[C@@H]2C[C@H](C)CC(c3ccc(-c4ccc(-c5nc(-c6ccccc6-c6ccccc6)nc(-c6ccccc6-c6ccccc6)n5)cc4-c4cccc(C#N)c4)cc3)(C1)C2. The van der Waals surface area contributed by atoms with Gasteiger partial charge in [0.2, 0.25) is 0 Å². The maximum absolute atomic E-state index is 10.0. The van der Waals surface area contributed by atoms with Crippen molar-refractivity contribution in [3.05, 3.63) is 187 Å². The first-order chi connectivity index (χ1) is 29.9. The van der Waals surface area contributed by atoms with Crippen molar-refractivity contribution in [1.29, 1.82) is 5.26 Å². The fourth-order valence-electron chi connectivity index (χ4n) is 10.8. The number of rotatable bonds is 8. The van der Waals surface area contributed by atoms with Gasteiger partial charge in [-0.1, -0.05) is 172 Å². The monoisotopic (exact) mass is 788 g/mol. The molecule has 0 spiro atoms. The number of aromatic nitrogens is 3. The first kappa shape index (κ1) is 38.3. The van der Waals surface area contributed by atoms with E-state index < -0.39 is 0 Å². The average molecular weight is 789 g/mol. The van der Waals surface area contributed by atoms with E-state index in [1.165, 1.54) is 37.7 Å². The van der Waals surface area contributed by atoms with Crippen LogP contribution >= 0.6 is 0 Å². The Hall–Kier alpha value is -6.96. The number of fused-ring (bicyclic) bond motifs is 2. The van der Waals surface area contributed by atoms with Crippen molar-refractivity contribution in [2.75, 3.05) is 0 Å². The van der Waals surface area contributed by atoms with Crippen molar-refractivity contribution in [1.82, 2.24) is 15.0 Å². The Morgan fingerprint density at radius 2 is 0.902 bits per heavy atom. The molecule has 0 N–H and O–H groups in total. The molecular weight excluding hydrogens is 741 g/mol. The second-order valence-corrected chi connectivity index (χ2v) is 17.6. The zero-order chi connectivity index (χ0) is 41.3. The van der Waals surface area contributed by atoms with Gasteiger partial charge in [0.15, 0.2) is 17.5 Å². The van der Waals surface area contributed by atoms with Gasteiger partial charge in [-0.15, -0.1) is 0 Å². The highest BCUT2D eigenvalue weighted by Gasteiger charge is 2.45. The van der Waals surface area contributed by atoms with E-state index in [1.807, 2.05) is 42.5 Å². The van der Waals surface area contributed by atoms with Gasteiger partial charge in [-0.25, -0.2) is 15.0 Å². The third-order valence-electron chi connectivity index (χ3n) is 13.2. The van der Waals surface area contributed by atoms with E-state index in [9.17, 15) is 5.26 Å². The quantitative estimate of drug-likeness (QED) is 0.154. The highest BCUT2D eigenvalue weighted by atomic mass is 15.0. The van der Waals surface area contributed by atoms with Crippen LogP contribution in [0, 0.1) is 29.1 Å². The molecule has 4 heteroatoms. The fraction of sp³-hybridized carbons (Fsp3) is 0.193. The number of hydrogen-bond donors (Lipinski definition) is 0. The summed E-state index contributed by atoms with van der Waals surface area (Å²) in [5, 5.41) is 10.0. The lowest BCUT2D eigenvalue weighted by Gasteiger charge is -2.50. The molecule has 0 amide bonds. The molecule has 2 aliphatic rings. The maximum Gasteiger partial charge on any atom is 0.164 e. The maximum atomic E-state index is 10.0. The first-order valence-corrected chi connectivity index (χ1v) is 21.7. The van der Waals surface area contributed by atoms with Gasteiger partial charge < -0.3 is 0 Å². The van der Waals surface area contributed by atoms with Gasteiger partial charge in [0.25, 0.3) is 0 Å². The van der Waals surface area contributed by atoms with Crippen LogP contribution in [0.5, 0.6) is 0 Å². The zero-order valence-corrected chi connectivity index (χ0v) is 34.8. The van der Waals surface area contributed by atoms with Gasteiger partial charge in [-0.05, 0) is 124 Å². The summed E-state index contributed by atoms with van der Waals surface area (Å²) in [7, 11) is 0. The van der Waals surface area contributed by atoms with E-state index in [-0.39, 0.29) is 5.41 Å². The van der Waals surface area contributed by atoms with Crippen molar-refractivity contribution in [3.8, 4) is 84.7 Å². The van der Waals surface area contributed by atoms with Crippen LogP contribution in [0.15, 0.2) is 176 Å². The fourth-order valence-corrected chi connectivity index (χ4v) is 10.8. The Bertz CT molecular complexity index is 2770. The van der Waals surface area contributed by atoms with Crippen LogP contribution < -0.4 is 0 Å². The third kappa shape index (κ3) is 7.58. The molecule has 10 rings (SSSR count). The molecule has 1 unspecified atom stereocenters. The van der Waals surface area contributed by atoms with E-state index in [1.54, 1.807) is 0 Å². The van der Waals surface area contributed by atoms with E-state index in [0.717, 1.165) is 79.0 Å². The summed E-state index contributed by atoms with van der Waals surface area (Å²) in [4.78, 5) is 15.8. The molecule has 2 saturated carbocycles. The predicted molar refractivity (Wildman–Crippen MR) is 249 cm³/mol. The number of nitrogens with zero attached hydrogens (tertiary/aromatic N) is 4. The minimum atomic E-state index is 0.263. The number of nitriles is 1. The van der Waals surface area contributed by atoms with Crippen LogP contribution in [-0.4, -0.2) is 15.0 Å². The Labute approximate surface area is 359 Å². The average Bonchev–Trinajstić information content (AvgIpc) is 3.31. The summed E-state index contributed by atoms with van der Waals surface area (Å²) in [5.74, 6) is 4.13. The number of hydrogen-bond acceptors (Lipinski definition) is 4. The Morgan fingerprint density at radius 1 is 0.426 bits per heavy atom. The van der Waals surface area contributed by atoms with E-state index in [4.69, 9.17) is 15.0 Å². The largest absolute Gasteiger partial charge is 0.208 e. The van der Waals surface area contributed by atoms with E-state index in [2.05, 4.69) is 153 Å². The lowest BCUT2D eigenvalue weighted by atomic mass is 9.54. The molecule has 1 heterocycles. The minimum Gasteiger partial charge on any atom is -0.208 e. The lowest BCUT2D eigenvalue weighted by molar-refractivity contribution is 0.0780. The molecule has 0 radical (unpaired) electrons. The van der Waals surface area contributed by atoms with Crippen molar-refractivity contribution in [2.45, 2.75) is 51.4 Å². The highest BCUT2D eigenvalue weighted by molar-refractivity contribution is 5.88. The van der Waals surface area contributed by atoms with Gasteiger partial charge in [-0.3, -0.25) is 0 Å². The molecule has 4 nitrogen and oxygen atoms in total. The van der Waals surface area contributed by atoms with Crippen molar-refractivity contribution < 1.29 is 0 Å². The second-order valence-electron chi connectivity index (χ2n) is 17.6. The Balaban J connectivity index is 1.14. The molecule has 2 aliphatic carbocycles. The van der Waals surface area contributed by atoms with Crippen molar-refractivity contribution in [2.24, 2.45) is 17.8 Å². The van der Waals surface area contributed by atoms with Gasteiger partial charge in [0, 0.05) is 16.7 Å². The molecule has 2 bridgehead atoms. The van der Waals surface area contributed by atoms with Gasteiger partial charge in [0.1, 0.15) is 0 Å². The summed E-state index contributed by atoms with van der Waals surface area (Å²) in [6, 6.07) is 63.8. The topological polar surface area (TPSA) is 62.5 Å². The zero-order valence-electron chi connectivity index (χ0n) is 34.8. The molecule has 296 valence electrons. The van der Waals surface area contributed by atoms with E-state index in [0.29, 0.717) is 23.0 Å². The van der Waals surface area contributed by atoms with Crippen molar-refractivity contribution >= 4 is 0 Å². The molecule has 2 fully saturated rings. The standard InChI is InChI=1S/C57H48N4/c1-38-30-41-31-39(2)35-57(34-38,36-41)47-27-24-44(25-28-47)50-29-26-46(33-53(50)45-19-13-14-40(32-45)37-58)54-59-55(51-22-11-9-20-48(51)42-15-5-3-6-16-42)61-56(60-54)52-23-12-10-21-49(52)43-17-7-4-8-18-43/h3-29,32-33,38-39,41H,30-31,34-36H2,1-2H3/t38-,39+,41-,57?. The van der Waals surface area contributed by atoms with Crippen LogP contribution in [-0.2, 0) is 5.41 Å². The Kier molecular flexibility index (Phi) is 10.2. The van der Waals surface area contributed by atoms with Crippen LogP contribution in [0.4, 0.5) is 0 Å². The normalized spacial score (nSPS) is 19.5. The summed E-state index contributed by atoms with van der Waals surface area (Å²) in [6.07, 6.45) is 6.59. The van der Waals surface area contributed by atoms with Crippen molar-refractivity contribution in [3.63, 3.8) is 0 Å². The lowest BCUT2D eigenvalue weighted by Crippen LogP contribution is -2.42. The second kappa shape index (κ2) is 16.2. The van der Waals surface area contributed by atoms with Gasteiger partial charge in [0.05, 0.1) is 11.6 Å². The van der Waals surface area contributed by atoms with Gasteiger partial charge in [-0.2, -0.15) is 5.26 Å². The molecule has 4 atom stereocenters. The molecule has 61 heavy (non-hydrogen) atoms. The third-order valence-corrected chi connectivity index (χ3v) is 13.2. The predicted octanol–water partition coefficient (Wildman–Crippen LogP) is 14.5. The number of benzene rings is 7. The molecule has 8 aromatic rings. The van der Waals surface area contributed by atoms with Crippen LogP contribution in [0.3, 0.4) is 0 Å². The molecule has 7 aromatic carbocycles. The molecular formula is C57H48N4. The summed E-state index contributed by atoms with van der Waals surface area (Å²) in [5.41, 5.74) is 13.6. The van der Waals surface area contributed by atoms with Crippen LogP contribution in [0.2, 0.25) is 0 Å². The first-order valence-electron chi connectivity index (χ1n) is 21.7. The highest BCUT2D eigenvalue weighted by Crippen LogP contribution is 2.54. The molecule has 0 saturated heterocycles. The van der Waals surface area contributed by atoms with Gasteiger partial charge >= 0.3 is 0 Å². The van der Waals surface area contributed by atoms with Crippen LogP contribution in [0.25, 0.3) is 78.7 Å². The van der Waals surface area contributed by atoms with E-state index >= 15 is 0 Å². The summed E-state index contributed by atoms with van der Waals surface area (Å²) >= 11 is 0. The molecule has 0 aliphatic heterocycles. The smallest absolute Gasteiger partial charge is 0.164 e. The summed E-state index contributed by atoms with van der Waals surface area (Å²) in [6.45, 7) is 4.91. The Morgan fingerprint density at radius 3 is 1.48 bits per heavy atom. The van der Waals surface area contributed by atoms with Crippen LogP contribution in [0.1, 0.15) is 57.1 Å². The molecule has 1 aromatic heterocycles.